The predicted octanol–water partition coefficient (Wildman–Crippen LogP) is 1.71. The van der Waals surface area contributed by atoms with E-state index in [4.69, 9.17) is 22.4 Å². The maximum atomic E-state index is 12.2. The van der Waals surface area contributed by atoms with Crippen LogP contribution >= 0.6 is 11.6 Å². The molecule has 108 valence electrons. The molecule has 5 nitrogen and oxygen atoms in total. The molecule has 7 heteroatoms. The van der Waals surface area contributed by atoms with Crippen LogP contribution in [0.5, 0.6) is 0 Å². The fourth-order valence-electron chi connectivity index (χ4n) is 1.61. The second-order valence-corrected chi connectivity index (χ2v) is 6.75. The third-order valence-corrected chi connectivity index (χ3v) is 5.00. The standard InChI is InChI=1S/C12H19ClN2O3S/c1-15(7-3-2-4-8-16)19(17,18)10-5-6-11(13)12(14)9-10/h5-6,9,16H,2-4,7-8,14H2,1H3. The number of aliphatic hydroxyl groups is 1. The van der Waals surface area contributed by atoms with Crippen LogP contribution in [0.15, 0.2) is 23.1 Å². The molecule has 0 unspecified atom stereocenters. The number of benzene rings is 1. The van der Waals surface area contributed by atoms with E-state index in [9.17, 15) is 8.42 Å². The molecule has 0 aromatic heterocycles. The summed E-state index contributed by atoms with van der Waals surface area (Å²) in [6, 6.07) is 4.28. The van der Waals surface area contributed by atoms with Crippen LogP contribution in [0.3, 0.4) is 0 Å². The summed E-state index contributed by atoms with van der Waals surface area (Å²) in [5, 5.41) is 9.01. The largest absolute Gasteiger partial charge is 0.397 e. The van der Waals surface area contributed by atoms with Gasteiger partial charge in [-0.15, -0.1) is 0 Å². The Morgan fingerprint density at radius 3 is 2.58 bits per heavy atom. The van der Waals surface area contributed by atoms with Crippen LogP contribution < -0.4 is 5.73 Å². The van der Waals surface area contributed by atoms with Gasteiger partial charge in [-0.05, 0) is 37.5 Å². The average molecular weight is 307 g/mol. The number of nitrogens with two attached hydrogens (primary N) is 1. The van der Waals surface area contributed by atoms with Crippen molar-refractivity contribution in [2.45, 2.75) is 24.2 Å². The fraction of sp³-hybridized carbons (Fsp3) is 0.500. The lowest BCUT2D eigenvalue weighted by atomic mass is 10.2. The lowest BCUT2D eigenvalue weighted by molar-refractivity contribution is 0.281. The van der Waals surface area contributed by atoms with Crippen molar-refractivity contribution in [1.82, 2.24) is 4.31 Å². The van der Waals surface area contributed by atoms with E-state index in [2.05, 4.69) is 0 Å². The van der Waals surface area contributed by atoms with E-state index in [1.54, 1.807) is 0 Å². The summed E-state index contributed by atoms with van der Waals surface area (Å²) in [6.45, 7) is 0.537. The van der Waals surface area contributed by atoms with Crippen LogP contribution in [-0.4, -0.2) is 38.0 Å². The molecule has 0 saturated carbocycles. The Bertz CT molecular complexity index is 520. The number of nitrogens with zero attached hydrogens (tertiary/aromatic N) is 1. The van der Waals surface area contributed by atoms with Gasteiger partial charge in [0.2, 0.25) is 10.0 Å². The predicted molar refractivity (Wildman–Crippen MR) is 76.6 cm³/mol. The number of hydrogen-bond acceptors (Lipinski definition) is 4. The second kappa shape index (κ2) is 7.09. The van der Waals surface area contributed by atoms with Gasteiger partial charge < -0.3 is 10.8 Å². The molecule has 0 aliphatic rings. The van der Waals surface area contributed by atoms with Crippen molar-refractivity contribution in [3.05, 3.63) is 23.2 Å². The number of rotatable bonds is 7. The van der Waals surface area contributed by atoms with Crippen LogP contribution in [0.2, 0.25) is 5.02 Å². The van der Waals surface area contributed by atoms with Crippen LogP contribution in [0.25, 0.3) is 0 Å². The zero-order valence-corrected chi connectivity index (χ0v) is 12.4. The zero-order valence-electron chi connectivity index (χ0n) is 10.8. The monoisotopic (exact) mass is 306 g/mol. The molecule has 1 aromatic rings. The molecule has 0 radical (unpaired) electrons. The minimum atomic E-state index is -3.53. The number of sulfonamides is 1. The van der Waals surface area contributed by atoms with Gasteiger partial charge in [0.15, 0.2) is 0 Å². The van der Waals surface area contributed by atoms with Crippen molar-refractivity contribution in [3.63, 3.8) is 0 Å². The van der Waals surface area contributed by atoms with E-state index in [1.165, 1.54) is 29.6 Å². The summed E-state index contributed by atoms with van der Waals surface area (Å²) >= 11 is 5.77. The van der Waals surface area contributed by atoms with E-state index in [-0.39, 0.29) is 17.2 Å². The Kier molecular flexibility index (Phi) is 6.06. The average Bonchev–Trinajstić information content (AvgIpc) is 2.37. The van der Waals surface area contributed by atoms with Crippen LogP contribution in [-0.2, 0) is 10.0 Å². The van der Waals surface area contributed by atoms with Gasteiger partial charge in [0.25, 0.3) is 0 Å². The first-order valence-corrected chi connectivity index (χ1v) is 7.83. The molecule has 0 bridgehead atoms. The maximum Gasteiger partial charge on any atom is 0.242 e. The number of unbranched alkanes of at least 4 members (excludes halogenated alkanes) is 2. The molecule has 1 rings (SSSR count). The Balaban J connectivity index is 2.76. The minimum absolute atomic E-state index is 0.129. The van der Waals surface area contributed by atoms with Gasteiger partial charge in [-0.3, -0.25) is 0 Å². The van der Waals surface area contributed by atoms with Crippen molar-refractivity contribution in [2.75, 3.05) is 25.9 Å². The number of hydrogen-bond donors (Lipinski definition) is 2. The molecule has 1 aromatic carbocycles. The molecule has 0 atom stereocenters. The Labute approximate surface area is 119 Å². The van der Waals surface area contributed by atoms with E-state index in [0.717, 1.165) is 6.42 Å². The van der Waals surface area contributed by atoms with Gasteiger partial charge in [-0.2, -0.15) is 0 Å². The van der Waals surface area contributed by atoms with Crippen molar-refractivity contribution in [1.29, 1.82) is 0 Å². The molecule has 0 aliphatic carbocycles. The van der Waals surface area contributed by atoms with Crippen LogP contribution in [0, 0.1) is 0 Å². The molecule has 0 fully saturated rings. The molecule has 0 spiro atoms. The molecule has 0 aliphatic heterocycles. The molecular formula is C12H19ClN2O3S. The zero-order chi connectivity index (χ0) is 14.5. The van der Waals surface area contributed by atoms with Gasteiger partial charge in [0, 0.05) is 20.2 Å². The quantitative estimate of drug-likeness (QED) is 0.593. The first-order chi connectivity index (χ1) is 8.89. The highest BCUT2D eigenvalue weighted by molar-refractivity contribution is 7.89. The summed E-state index contributed by atoms with van der Waals surface area (Å²) in [7, 11) is -2.01. The SMILES string of the molecule is CN(CCCCCO)S(=O)(=O)c1ccc(Cl)c(N)c1. The van der Waals surface area contributed by atoms with Crippen LogP contribution in [0.1, 0.15) is 19.3 Å². The fourth-order valence-corrected chi connectivity index (χ4v) is 2.97. The van der Waals surface area contributed by atoms with Gasteiger partial charge in [0.05, 0.1) is 15.6 Å². The summed E-state index contributed by atoms with van der Waals surface area (Å²) in [4.78, 5) is 0.138. The maximum absolute atomic E-state index is 12.2. The van der Waals surface area contributed by atoms with Gasteiger partial charge >= 0.3 is 0 Å². The number of aliphatic hydroxyl groups excluding tert-OH is 1. The summed E-state index contributed by atoms with van der Waals surface area (Å²) in [6.07, 6.45) is 2.18. The molecular weight excluding hydrogens is 288 g/mol. The summed E-state index contributed by atoms with van der Waals surface area (Å²) < 4.78 is 25.8. The van der Waals surface area contributed by atoms with E-state index in [1.807, 2.05) is 0 Å². The van der Waals surface area contributed by atoms with Crippen molar-refractivity contribution in [2.24, 2.45) is 0 Å². The first-order valence-electron chi connectivity index (χ1n) is 6.02. The highest BCUT2D eigenvalue weighted by Gasteiger charge is 2.20. The summed E-state index contributed by atoms with van der Waals surface area (Å²) in [5.74, 6) is 0. The third-order valence-electron chi connectivity index (χ3n) is 2.81. The van der Waals surface area contributed by atoms with E-state index < -0.39 is 10.0 Å². The van der Waals surface area contributed by atoms with Gasteiger partial charge in [-0.1, -0.05) is 11.6 Å². The van der Waals surface area contributed by atoms with Crippen LogP contribution in [0.4, 0.5) is 5.69 Å². The Morgan fingerprint density at radius 2 is 2.00 bits per heavy atom. The smallest absolute Gasteiger partial charge is 0.242 e. The first kappa shape index (κ1) is 16.2. The Morgan fingerprint density at radius 1 is 1.32 bits per heavy atom. The lowest BCUT2D eigenvalue weighted by Crippen LogP contribution is -2.28. The second-order valence-electron chi connectivity index (χ2n) is 4.29. The van der Waals surface area contributed by atoms with E-state index >= 15 is 0 Å². The number of anilines is 1. The Hall–Kier alpha value is -0.820. The van der Waals surface area contributed by atoms with Crippen molar-refractivity contribution in [3.8, 4) is 0 Å². The third kappa shape index (κ3) is 4.35. The molecule has 0 amide bonds. The highest BCUT2D eigenvalue weighted by atomic mass is 35.5. The lowest BCUT2D eigenvalue weighted by Gasteiger charge is -2.17. The summed E-state index contributed by atoms with van der Waals surface area (Å²) in [5.41, 5.74) is 5.86. The van der Waals surface area contributed by atoms with Gasteiger partial charge in [-0.25, -0.2) is 12.7 Å². The number of nitrogen functional groups attached to an aromatic ring is 1. The molecule has 0 saturated heterocycles. The molecule has 19 heavy (non-hydrogen) atoms. The number of halogens is 1. The minimum Gasteiger partial charge on any atom is -0.397 e. The van der Waals surface area contributed by atoms with E-state index in [0.29, 0.717) is 24.4 Å². The van der Waals surface area contributed by atoms with Crippen molar-refractivity contribution >= 4 is 27.3 Å². The highest BCUT2D eigenvalue weighted by Crippen LogP contribution is 2.24. The van der Waals surface area contributed by atoms with Gasteiger partial charge in [0.1, 0.15) is 0 Å². The molecule has 3 N–H and O–H groups in total. The normalized spacial score (nSPS) is 12.0. The van der Waals surface area contributed by atoms with Crippen molar-refractivity contribution < 1.29 is 13.5 Å². The molecule has 0 heterocycles. The topological polar surface area (TPSA) is 83.6 Å².